The zero-order valence-corrected chi connectivity index (χ0v) is 11.3. The molecule has 0 aliphatic carbocycles. The highest BCUT2D eigenvalue weighted by atomic mass is 35.5. The summed E-state index contributed by atoms with van der Waals surface area (Å²) in [5.41, 5.74) is 0.673. The van der Waals surface area contributed by atoms with Gasteiger partial charge in [-0.15, -0.1) is 22.9 Å². The molecule has 1 heterocycles. The van der Waals surface area contributed by atoms with Gasteiger partial charge in [-0.2, -0.15) is 0 Å². The van der Waals surface area contributed by atoms with E-state index in [4.69, 9.17) is 23.2 Å². The van der Waals surface area contributed by atoms with Crippen LogP contribution in [0.2, 0.25) is 4.34 Å². The molecule has 4 heteroatoms. The van der Waals surface area contributed by atoms with Crippen LogP contribution in [0.5, 0.6) is 0 Å². The van der Waals surface area contributed by atoms with E-state index in [1.54, 1.807) is 12.1 Å². The smallest absolute Gasteiger partial charge is 0.126 e. The van der Waals surface area contributed by atoms with Crippen LogP contribution in [0.1, 0.15) is 16.4 Å². The van der Waals surface area contributed by atoms with Crippen molar-refractivity contribution in [1.29, 1.82) is 0 Å². The average Bonchev–Trinajstić information content (AvgIpc) is 2.73. The van der Waals surface area contributed by atoms with Gasteiger partial charge >= 0.3 is 0 Å². The molecule has 1 atom stereocenters. The first-order valence-electron chi connectivity index (χ1n) is 5.25. The van der Waals surface area contributed by atoms with Gasteiger partial charge < -0.3 is 0 Å². The fourth-order valence-electron chi connectivity index (χ4n) is 1.76. The highest BCUT2D eigenvalue weighted by molar-refractivity contribution is 7.16. The highest BCUT2D eigenvalue weighted by Gasteiger charge is 2.16. The Morgan fingerprint density at radius 3 is 2.53 bits per heavy atom. The third-order valence-electron chi connectivity index (χ3n) is 2.61. The van der Waals surface area contributed by atoms with Crippen molar-refractivity contribution in [1.82, 2.24) is 0 Å². The summed E-state index contributed by atoms with van der Waals surface area (Å²) < 4.78 is 14.4. The second-order valence-electron chi connectivity index (χ2n) is 3.78. The number of benzene rings is 1. The third-order valence-corrected chi connectivity index (χ3v) is 4.23. The van der Waals surface area contributed by atoms with Crippen LogP contribution in [-0.2, 0) is 6.42 Å². The Morgan fingerprint density at radius 1 is 1.18 bits per heavy atom. The van der Waals surface area contributed by atoms with E-state index in [-0.39, 0.29) is 11.7 Å². The molecule has 0 bridgehead atoms. The summed E-state index contributed by atoms with van der Waals surface area (Å²) in [7, 11) is 0. The fraction of sp³-hybridized carbons (Fsp3) is 0.231. The van der Waals surface area contributed by atoms with Crippen LogP contribution < -0.4 is 0 Å². The zero-order chi connectivity index (χ0) is 12.3. The number of thiophene rings is 1. The average molecular weight is 289 g/mol. The zero-order valence-electron chi connectivity index (χ0n) is 9.00. The quantitative estimate of drug-likeness (QED) is 0.686. The van der Waals surface area contributed by atoms with Crippen molar-refractivity contribution in [2.45, 2.75) is 12.3 Å². The molecule has 1 aromatic carbocycles. The van der Waals surface area contributed by atoms with Crippen LogP contribution in [0.15, 0.2) is 36.4 Å². The van der Waals surface area contributed by atoms with Gasteiger partial charge in [0.05, 0.1) is 4.34 Å². The van der Waals surface area contributed by atoms with E-state index in [0.29, 0.717) is 11.4 Å². The summed E-state index contributed by atoms with van der Waals surface area (Å²) in [6, 6.07) is 10.6. The Hall–Kier alpha value is -0.570. The first kappa shape index (κ1) is 12.9. The Morgan fingerprint density at radius 2 is 1.94 bits per heavy atom. The maximum Gasteiger partial charge on any atom is 0.126 e. The summed E-state index contributed by atoms with van der Waals surface area (Å²) in [6.45, 7) is 0. The van der Waals surface area contributed by atoms with E-state index in [2.05, 4.69) is 0 Å². The minimum absolute atomic E-state index is 0.00687. The lowest BCUT2D eigenvalue weighted by Gasteiger charge is -2.13. The second-order valence-corrected chi connectivity index (χ2v) is 5.89. The summed E-state index contributed by atoms with van der Waals surface area (Å²) in [5.74, 6) is 0.199. The van der Waals surface area contributed by atoms with E-state index in [0.717, 1.165) is 15.6 Å². The van der Waals surface area contributed by atoms with Crippen molar-refractivity contribution < 1.29 is 4.39 Å². The molecule has 0 fully saturated rings. The van der Waals surface area contributed by atoms with E-state index >= 15 is 0 Å². The van der Waals surface area contributed by atoms with E-state index in [1.165, 1.54) is 17.4 Å². The van der Waals surface area contributed by atoms with Crippen LogP contribution in [0, 0.1) is 5.82 Å². The summed E-state index contributed by atoms with van der Waals surface area (Å²) >= 11 is 13.3. The highest BCUT2D eigenvalue weighted by Crippen LogP contribution is 2.29. The first-order valence-corrected chi connectivity index (χ1v) is 6.98. The SMILES string of the molecule is Fc1ccccc1C(CCl)Cc1ccc(Cl)s1. The van der Waals surface area contributed by atoms with Crippen LogP contribution in [0.4, 0.5) is 4.39 Å². The normalized spacial score (nSPS) is 12.6. The number of alkyl halides is 1. The lowest BCUT2D eigenvalue weighted by atomic mass is 9.96. The van der Waals surface area contributed by atoms with Crippen molar-refractivity contribution in [2.24, 2.45) is 0 Å². The van der Waals surface area contributed by atoms with Crippen LogP contribution in [0.3, 0.4) is 0 Å². The second kappa shape index (κ2) is 5.85. The van der Waals surface area contributed by atoms with Crippen LogP contribution in [0.25, 0.3) is 0 Å². The summed E-state index contributed by atoms with van der Waals surface area (Å²) in [4.78, 5) is 1.13. The van der Waals surface area contributed by atoms with Gasteiger partial charge in [0.1, 0.15) is 5.82 Å². The van der Waals surface area contributed by atoms with Crippen molar-refractivity contribution in [3.63, 3.8) is 0 Å². The lowest BCUT2D eigenvalue weighted by molar-refractivity contribution is 0.590. The predicted octanol–water partition coefficient (Wildman–Crippen LogP) is 5.11. The molecular weight excluding hydrogens is 278 g/mol. The molecule has 1 aromatic heterocycles. The maximum atomic E-state index is 13.7. The van der Waals surface area contributed by atoms with Gasteiger partial charge in [-0.05, 0) is 30.2 Å². The number of hydrogen-bond donors (Lipinski definition) is 0. The molecule has 0 aliphatic rings. The molecule has 0 radical (unpaired) electrons. The Labute approximate surface area is 114 Å². The minimum Gasteiger partial charge on any atom is -0.207 e. The first-order chi connectivity index (χ1) is 8.20. The van der Waals surface area contributed by atoms with Crippen molar-refractivity contribution >= 4 is 34.5 Å². The Balaban J connectivity index is 2.20. The maximum absolute atomic E-state index is 13.7. The molecule has 0 nitrogen and oxygen atoms in total. The van der Waals surface area contributed by atoms with Crippen LogP contribution in [-0.4, -0.2) is 5.88 Å². The molecule has 90 valence electrons. The van der Waals surface area contributed by atoms with Gasteiger partial charge in [-0.1, -0.05) is 29.8 Å². The van der Waals surface area contributed by atoms with Crippen molar-refractivity contribution in [2.75, 3.05) is 5.88 Å². The molecule has 0 saturated heterocycles. The van der Waals surface area contributed by atoms with Gasteiger partial charge in [0.2, 0.25) is 0 Å². The van der Waals surface area contributed by atoms with Crippen molar-refractivity contribution in [3.8, 4) is 0 Å². The standard InChI is InChI=1S/C13H11Cl2FS/c14-8-9(7-10-5-6-13(15)17-10)11-3-1-2-4-12(11)16/h1-6,9H,7-8H2. The van der Waals surface area contributed by atoms with Gasteiger partial charge in [-0.3, -0.25) is 0 Å². The Kier molecular flexibility index (Phi) is 4.43. The summed E-state index contributed by atoms with van der Waals surface area (Å²) in [6.07, 6.45) is 0.724. The molecular formula is C13H11Cl2FS. The molecule has 0 aliphatic heterocycles. The Bertz CT molecular complexity index is 496. The fourth-order valence-corrected chi connectivity index (χ4v) is 3.20. The molecule has 0 spiro atoms. The number of hydrogen-bond acceptors (Lipinski definition) is 1. The summed E-state index contributed by atoms with van der Waals surface area (Å²) in [5, 5.41) is 0. The molecule has 1 unspecified atom stereocenters. The topological polar surface area (TPSA) is 0 Å². The minimum atomic E-state index is -0.194. The molecule has 0 N–H and O–H groups in total. The molecule has 0 saturated carbocycles. The molecule has 0 amide bonds. The van der Waals surface area contributed by atoms with E-state index in [9.17, 15) is 4.39 Å². The number of halogens is 3. The van der Waals surface area contributed by atoms with Gasteiger partial charge in [0.25, 0.3) is 0 Å². The van der Waals surface area contributed by atoms with Crippen LogP contribution >= 0.6 is 34.5 Å². The van der Waals surface area contributed by atoms with Crippen molar-refractivity contribution in [3.05, 3.63) is 57.0 Å². The van der Waals surface area contributed by atoms with Gasteiger partial charge in [-0.25, -0.2) is 4.39 Å². The largest absolute Gasteiger partial charge is 0.207 e. The predicted molar refractivity (Wildman–Crippen MR) is 72.9 cm³/mol. The van der Waals surface area contributed by atoms with E-state index in [1.807, 2.05) is 18.2 Å². The monoisotopic (exact) mass is 288 g/mol. The number of rotatable bonds is 4. The lowest BCUT2D eigenvalue weighted by Crippen LogP contribution is -2.06. The molecule has 2 aromatic rings. The third kappa shape index (κ3) is 3.21. The molecule has 2 rings (SSSR count). The van der Waals surface area contributed by atoms with E-state index < -0.39 is 0 Å². The molecule has 17 heavy (non-hydrogen) atoms. The van der Waals surface area contributed by atoms with Gasteiger partial charge in [0.15, 0.2) is 0 Å². The van der Waals surface area contributed by atoms with Gasteiger partial charge in [0, 0.05) is 16.7 Å².